The Morgan fingerprint density at radius 3 is 1.94 bits per heavy atom. The molecule has 13 nitrogen and oxygen atoms in total. The van der Waals surface area contributed by atoms with E-state index in [1.54, 1.807) is 61.4 Å². The normalized spacial score (nSPS) is 10.7. The second-order valence-corrected chi connectivity index (χ2v) is 11.7. The largest absolute Gasteiger partial charge is 0.354 e. The number of halogens is 3. The zero-order chi connectivity index (χ0) is 35.0. The third-order valence-corrected chi connectivity index (χ3v) is 7.51. The molecule has 0 atom stereocenters. The Labute approximate surface area is 297 Å². The summed E-state index contributed by atoms with van der Waals surface area (Å²) in [6.45, 7) is 0. The highest BCUT2D eigenvalue weighted by Crippen LogP contribution is 2.22. The van der Waals surface area contributed by atoms with Crippen molar-refractivity contribution in [3.05, 3.63) is 155 Å². The second-order valence-electron chi connectivity index (χ2n) is 10.8. The highest BCUT2D eigenvalue weighted by atomic mass is 79.9. The molecular weight excluding hydrogens is 720 g/mol. The van der Waals surface area contributed by atoms with Gasteiger partial charge in [-0.3, -0.25) is 19.9 Å². The SMILES string of the molecule is Fc1cc(Cc2cccnc2)cc(-n2nnc(-c3ccccn3)n2)c1.Fc1cc(Nc2cccnc2)cc(-n2nnc(-c3ccc(Br)cn3)n2)c1. The summed E-state index contributed by atoms with van der Waals surface area (Å²) in [6.07, 6.45) is 10.7. The Hall–Kier alpha value is -6.68. The van der Waals surface area contributed by atoms with E-state index in [2.05, 4.69) is 72.0 Å². The van der Waals surface area contributed by atoms with Crippen LogP contribution in [0.15, 0.2) is 133 Å². The van der Waals surface area contributed by atoms with Crippen molar-refractivity contribution in [2.45, 2.75) is 6.42 Å². The molecule has 8 rings (SSSR count). The molecule has 0 saturated carbocycles. The molecule has 0 radical (unpaired) electrons. The van der Waals surface area contributed by atoms with Crippen molar-refractivity contribution in [3.63, 3.8) is 0 Å². The number of nitrogens with zero attached hydrogens (tertiary/aromatic N) is 12. The molecule has 51 heavy (non-hydrogen) atoms. The van der Waals surface area contributed by atoms with Gasteiger partial charge in [0.1, 0.15) is 23.0 Å². The quantitative estimate of drug-likeness (QED) is 0.179. The predicted molar refractivity (Wildman–Crippen MR) is 187 cm³/mol. The van der Waals surface area contributed by atoms with Crippen LogP contribution in [0.1, 0.15) is 11.1 Å². The minimum Gasteiger partial charge on any atom is -0.354 e. The highest BCUT2D eigenvalue weighted by molar-refractivity contribution is 9.10. The van der Waals surface area contributed by atoms with Crippen LogP contribution in [0.2, 0.25) is 0 Å². The molecule has 0 unspecified atom stereocenters. The molecule has 250 valence electrons. The van der Waals surface area contributed by atoms with Crippen molar-refractivity contribution < 1.29 is 8.78 Å². The van der Waals surface area contributed by atoms with Crippen LogP contribution >= 0.6 is 15.9 Å². The van der Waals surface area contributed by atoms with Crippen LogP contribution in [0.4, 0.5) is 20.2 Å². The summed E-state index contributed by atoms with van der Waals surface area (Å²) in [5.41, 5.74) is 5.23. The van der Waals surface area contributed by atoms with E-state index in [0.717, 1.165) is 21.3 Å². The lowest BCUT2D eigenvalue weighted by Gasteiger charge is -2.08. The number of tetrazole rings is 2. The maximum Gasteiger partial charge on any atom is 0.223 e. The second kappa shape index (κ2) is 15.3. The molecule has 6 aromatic heterocycles. The summed E-state index contributed by atoms with van der Waals surface area (Å²) >= 11 is 3.33. The Kier molecular flexibility index (Phi) is 9.82. The van der Waals surface area contributed by atoms with Gasteiger partial charge in [-0.15, -0.1) is 30.0 Å². The van der Waals surface area contributed by atoms with Crippen LogP contribution in [-0.2, 0) is 6.42 Å². The lowest BCUT2D eigenvalue weighted by Crippen LogP contribution is -2.02. The van der Waals surface area contributed by atoms with E-state index in [1.165, 1.54) is 33.9 Å². The zero-order valence-electron chi connectivity index (χ0n) is 26.3. The van der Waals surface area contributed by atoms with Crippen LogP contribution in [0.5, 0.6) is 0 Å². The van der Waals surface area contributed by atoms with Gasteiger partial charge in [0.15, 0.2) is 0 Å². The third-order valence-electron chi connectivity index (χ3n) is 7.05. The van der Waals surface area contributed by atoms with E-state index in [9.17, 15) is 8.78 Å². The topological polar surface area (TPSA) is 151 Å². The molecule has 6 heterocycles. The van der Waals surface area contributed by atoms with Crippen molar-refractivity contribution >= 4 is 27.3 Å². The van der Waals surface area contributed by atoms with Crippen molar-refractivity contribution in [3.8, 4) is 34.4 Å². The Bertz CT molecular complexity index is 2360. The Morgan fingerprint density at radius 2 is 1.29 bits per heavy atom. The molecular formula is C35H24BrF2N13. The molecule has 0 aliphatic heterocycles. The number of nitrogens with one attached hydrogen (secondary N) is 1. The fraction of sp³-hybridized carbons (Fsp3) is 0.0286. The fourth-order valence-corrected chi connectivity index (χ4v) is 5.04. The number of pyridine rings is 4. The van der Waals surface area contributed by atoms with Crippen LogP contribution in [0.25, 0.3) is 34.4 Å². The van der Waals surface area contributed by atoms with Crippen molar-refractivity contribution in [2.24, 2.45) is 0 Å². The van der Waals surface area contributed by atoms with E-state index in [4.69, 9.17) is 0 Å². The minimum atomic E-state index is -0.422. The summed E-state index contributed by atoms with van der Waals surface area (Å²) in [5, 5.41) is 27.6. The Balaban J connectivity index is 0.000000159. The molecule has 16 heteroatoms. The highest BCUT2D eigenvalue weighted by Gasteiger charge is 2.12. The third kappa shape index (κ3) is 8.49. The first kappa shape index (κ1) is 32.8. The number of anilines is 2. The molecule has 2 aromatic carbocycles. The number of aromatic nitrogens is 12. The molecule has 0 aliphatic carbocycles. The minimum absolute atomic E-state index is 0.350. The van der Waals surface area contributed by atoms with E-state index < -0.39 is 5.82 Å². The van der Waals surface area contributed by atoms with Gasteiger partial charge in [0.25, 0.3) is 0 Å². The van der Waals surface area contributed by atoms with E-state index in [0.29, 0.717) is 46.5 Å². The molecule has 8 aromatic rings. The van der Waals surface area contributed by atoms with E-state index in [1.807, 2.05) is 42.5 Å². The Morgan fingerprint density at radius 1 is 0.588 bits per heavy atom. The van der Waals surface area contributed by atoms with Crippen LogP contribution in [-0.4, -0.2) is 60.4 Å². The standard InChI is InChI=1S/C18H13FN6.C17H11BrFN7/c19-15-9-14(8-13-4-3-6-20-12-13)10-16(11-15)25-23-18(22-24-25)17-5-1-2-7-21-17;18-11-3-4-16(21-9-11)17-23-25-26(24-17)15-7-12(19)6-14(8-15)22-13-2-1-5-20-10-13/h1-7,9-12H,8H2;1-10,22H. The maximum absolute atomic E-state index is 14.0. The molecule has 0 aliphatic rings. The monoisotopic (exact) mass is 743 g/mol. The first-order chi connectivity index (χ1) is 24.9. The number of hydrogen-bond donors (Lipinski definition) is 1. The van der Waals surface area contributed by atoms with E-state index in [-0.39, 0.29) is 5.82 Å². The molecule has 1 N–H and O–H groups in total. The van der Waals surface area contributed by atoms with Gasteiger partial charge in [0.05, 0.1) is 23.3 Å². The van der Waals surface area contributed by atoms with Crippen molar-refractivity contribution in [1.29, 1.82) is 0 Å². The van der Waals surface area contributed by atoms with Crippen LogP contribution < -0.4 is 5.32 Å². The lowest BCUT2D eigenvalue weighted by atomic mass is 10.1. The predicted octanol–water partition coefficient (Wildman–Crippen LogP) is 6.61. The fourth-order valence-electron chi connectivity index (χ4n) is 4.81. The van der Waals surface area contributed by atoms with Gasteiger partial charge in [0.2, 0.25) is 11.6 Å². The summed E-state index contributed by atoms with van der Waals surface area (Å²) in [5.74, 6) is -0.0372. The summed E-state index contributed by atoms with van der Waals surface area (Å²) in [6, 6.07) is 25.6. The lowest BCUT2D eigenvalue weighted by molar-refractivity contribution is 0.619. The van der Waals surface area contributed by atoms with Crippen molar-refractivity contribution in [1.82, 2.24) is 60.4 Å². The number of hydrogen-bond acceptors (Lipinski definition) is 11. The van der Waals surface area contributed by atoms with Gasteiger partial charge >= 0.3 is 0 Å². The summed E-state index contributed by atoms with van der Waals surface area (Å²) < 4.78 is 28.9. The van der Waals surface area contributed by atoms with Gasteiger partial charge in [-0.2, -0.15) is 0 Å². The summed E-state index contributed by atoms with van der Waals surface area (Å²) in [4.78, 5) is 19.1. The van der Waals surface area contributed by atoms with Gasteiger partial charge in [-0.1, -0.05) is 12.1 Å². The van der Waals surface area contributed by atoms with Crippen molar-refractivity contribution in [2.75, 3.05) is 5.32 Å². The number of benzene rings is 2. The smallest absolute Gasteiger partial charge is 0.223 e. The van der Waals surface area contributed by atoms with Crippen LogP contribution in [0.3, 0.4) is 0 Å². The number of rotatable bonds is 8. The zero-order valence-corrected chi connectivity index (χ0v) is 27.9. The first-order valence-electron chi connectivity index (χ1n) is 15.3. The molecule has 0 bridgehead atoms. The average Bonchev–Trinajstić information content (AvgIpc) is 3.85. The van der Waals surface area contributed by atoms with Gasteiger partial charge in [-0.25, -0.2) is 8.78 Å². The van der Waals surface area contributed by atoms with Crippen LogP contribution in [0, 0.1) is 11.6 Å². The van der Waals surface area contributed by atoms with E-state index >= 15 is 0 Å². The van der Waals surface area contributed by atoms with Gasteiger partial charge < -0.3 is 5.32 Å². The first-order valence-corrected chi connectivity index (χ1v) is 16.0. The van der Waals surface area contributed by atoms with Gasteiger partial charge in [0, 0.05) is 53.3 Å². The molecule has 0 amide bonds. The maximum atomic E-state index is 14.0. The molecule has 0 saturated heterocycles. The summed E-state index contributed by atoms with van der Waals surface area (Å²) in [7, 11) is 0. The van der Waals surface area contributed by atoms with Gasteiger partial charge in [-0.05, 0) is 111 Å². The molecule has 0 spiro atoms. The molecule has 0 fully saturated rings. The average molecular weight is 745 g/mol.